The van der Waals surface area contributed by atoms with Crippen LogP contribution in [0.2, 0.25) is 0 Å². The van der Waals surface area contributed by atoms with Gasteiger partial charge in [-0.25, -0.2) is 14.6 Å². The number of hydrogen-bond donors (Lipinski definition) is 7. The Hall–Kier alpha value is -2.28. The zero-order valence-corrected chi connectivity index (χ0v) is 13.9. The van der Waals surface area contributed by atoms with E-state index >= 15 is 0 Å². The fourth-order valence-electron chi connectivity index (χ4n) is 1.79. The van der Waals surface area contributed by atoms with Crippen molar-refractivity contribution >= 4 is 29.3 Å². The zero-order valence-electron chi connectivity index (χ0n) is 13.1. The number of thiazole rings is 1. The largest absolute Gasteiger partial charge is 0.481 e. The predicted molar refractivity (Wildman–Crippen MR) is 85.9 cm³/mol. The lowest BCUT2D eigenvalue weighted by Gasteiger charge is -2.18. The Morgan fingerprint density at radius 3 is 2.40 bits per heavy atom. The summed E-state index contributed by atoms with van der Waals surface area (Å²) in [6, 6.07) is -3.82. The lowest BCUT2D eigenvalue weighted by Crippen LogP contribution is -2.48. The smallest absolute Gasteiger partial charge is 0.328 e. The number of aliphatic carboxylic acids is 2. The first-order valence-electron chi connectivity index (χ1n) is 7.23. The summed E-state index contributed by atoms with van der Waals surface area (Å²) in [4.78, 5) is 38.1. The van der Waals surface area contributed by atoms with E-state index in [2.05, 4.69) is 15.6 Å². The van der Waals surface area contributed by atoms with Gasteiger partial charge in [-0.3, -0.25) is 4.79 Å². The molecule has 140 valence electrons. The van der Waals surface area contributed by atoms with Crippen molar-refractivity contribution in [3.05, 3.63) is 16.1 Å². The van der Waals surface area contributed by atoms with Gasteiger partial charge in [-0.1, -0.05) is 0 Å². The number of amides is 2. The van der Waals surface area contributed by atoms with E-state index < -0.39 is 42.7 Å². The van der Waals surface area contributed by atoms with Crippen LogP contribution in [0.15, 0.2) is 6.20 Å². The number of aromatic nitrogens is 1. The van der Waals surface area contributed by atoms with Crippen LogP contribution in [0.1, 0.15) is 34.8 Å². The van der Waals surface area contributed by atoms with Gasteiger partial charge in [-0.05, 0) is 6.42 Å². The van der Waals surface area contributed by atoms with Gasteiger partial charge in [0.25, 0.3) is 0 Å². The SMILES string of the molecule is N[C@@H](CO)c1cnc(C(CCC(=O)O)NC(=O)N[C@@H](CO)C(=O)O)s1. The number of rotatable bonds is 10. The molecule has 11 nitrogen and oxygen atoms in total. The van der Waals surface area contributed by atoms with Crippen molar-refractivity contribution < 1.29 is 34.8 Å². The van der Waals surface area contributed by atoms with Crippen LogP contribution in [0.4, 0.5) is 4.79 Å². The highest BCUT2D eigenvalue weighted by atomic mass is 32.1. The number of carbonyl (C=O) groups is 3. The van der Waals surface area contributed by atoms with Crippen LogP contribution in [0, 0.1) is 0 Å². The second kappa shape index (κ2) is 9.88. The van der Waals surface area contributed by atoms with Crippen LogP contribution in [0.3, 0.4) is 0 Å². The summed E-state index contributed by atoms with van der Waals surface area (Å²) in [6.07, 6.45) is 1.18. The molecule has 8 N–H and O–H groups in total. The molecule has 0 aromatic carbocycles. The van der Waals surface area contributed by atoms with Crippen molar-refractivity contribution in [2.45, 2.75) is 31.0 Å². The average Bonchev–Trinajstić information content (AvgIpc) is 3.05. The molecule has 0 radical (unpaired) electrons. The lowest BCUT2D eigenvalue weighted by atomic mass is 10.1. The van der Waals surface area contributed by atoms with Gasteiger partial charge in [0.2, 0.25) is 0 Å². The van der Waals surface area contributed by atoms with Crippen LogP contribution < -0.4 is 16.4 Å². The Kier molecular flexibility index (Phi) is 8.21. The number of aliphatic hydroxyl groups excluding tert-OH is 2. The Bertz CT molecular complexity index is 609. The van der Waals surface area contributed by atoms with E-state index in [9.17, 15) is 14.4 Å². The van der Waals surface area contributed by atoms with E-state index in [0.29, 0.717) is 9.88 Å². The monoisotopic (exact) mass is 376 g/mol. The summed E-state index contributed by atoms with van der Waals surface area (Å²) < 4.78 is 0. The Labute approximate surface area is 146 Å². The van der Waals surface area contributed by atoms with E-state index in [1.807, 2.05) is 0 Å². The number of nitrogens with one attached hydrogen (secondary N) is 2. The fraction of sp³-hybridized carbons (Fsp3) is 0.538. The van der Waals surface area contributed by atoms with E-state index in [0.717, 1.165) is 11.3 Å². The van der Waals surface area contributed by atoms with E-state index in [4.69, 9.17) is 26.2 Å². The van der Waals surface area contributed by atoms with E-state index in [1.54, 1.807) is 0 Å². The number of aliphatic hydroxyl groups is 2. The van der Waals surface area contributed by atoms with Crippen molar-refractivity contribution in [3.8, 4) is 0 Å². The molecule has 1 heterocycles. The van der Waals surface area contributed by atoms with Crippen LogP contribution >= 0.6 is 11.3 Å². The second-order valence-corrected chi connectivity index (χ2v) is 6.16. The summed E-state index contributed by atoms with van der Waals surface area (Å²) in [5.41, 5.74) is 5.68. The third-order valence-corrected chi connectivity index (χ3v) is 4.38. The highest BCUT2D eigenvalue weighted by molar-refractivity contribution is 7.11. The number of carbonyl (C=O) groups excluding carboxylic acids is 1. The predicted octanol–water partition coefficient (Wildman–Crippen LogP) is -1.21. The normalized spacial score (nSPS) is 14.4. The summed E-state index contributed by atoms with van der Waals surface area (Å²) >= 11 is 1.10. The molecule has 0 bridgehead atoms. The van der Waals surface area contributed by atoms with Crippen molar-refractivity contribution in [1.82, 2.24) is 15.6 Å². The molecule has 1 aromatic rings. The van der Waals surface area contributed by atoms with Crippen LogP contribution in [-0.4, -0.2) is 62.6 Å². The van der Waals surface area contributed by atoms with Crippen LogP contribution in [-0.2, 0) is 9.59 Å². The molecule has 0 saturated heterocycles. The molecular weight excluding hydrogens is 356 g/mol. The van der Waals surface area contributed by atoms with Gasteiger partial charge in [0, 0.05) is 17.5 Å². The molecule has 0 aliphatic heterocycles. The summed E-state index contributed by atoms with van der Waals surface area (Å²) in [5.74, 6) is -2.49. The van der Waals surface area contributed by atoms with Gasteiger partial charge in [0.15, 0.2) is 6.04 Å². The lowest BCUT2D eigenvalue weighted by molar-refractivity contribution is -0.140. The molecule has 1 unspecified atom stereocenters. The minimum absolute atomic E-state index is 0.0148. The molecule has 1 rings (SSSR count). The summed E-state index contributed by atoms with van der Waals surface area (Å²) in [6.45, 7) is -1.10. The number of carboxylic acids is 2. The topological polar surface area (TPSA) is 195 Å². The molecule has 0 aliphatic rings. The van der Waals surface area contributed by atoms with Crippen molar-refractivity contribution in [2.24, 2.45) is 5.73 Å². The maximum absolute atomic E-state index is 11.9. The number of carboxylic acid groups (broad SMARTS) is 2. The maximum atomic E-state index is 11.9. The second-order valence-electron chi connectivity index (χ2n) is 5.07. The van der Waals surface area contributed by atoms with Crippen molar-refractivity contribution in [1.29, 1.82) is 0 Å². The molecular formula is C13H20N4O7S. The van der Waals surface area contributed by atoms with Gasteiger partial charge >= 0.3 is 18.0 Å². The highest BCUT2D eigenvalue weighted by Crippen LogP contribution is 2.26. The van der Waals surface area contributed by atoms with E-state index in [-0.39, 0.29) is 19.4 Å². The number of nitrogens with zero attached hydrogens (tertiary/aromatic N) is 1. The van der Waals surface area contributed by atoms with Gasteiger partial charge in [0.1, 0.15) is 5.01 Å². The van der Waals surface area contributed by atoms with Gasteiger partial charge < -0.3 is 36.8 Å². The third-order valence-electron chi connectivity index (χ3n) is 3.14. The van der Waals surface area contributed by atoms with E-state index in [1.165, 1.54) is 6.20 Å². The molecule has 12 heteroatoms. The molecule has 3 atom stereocenters. The molecule has 0 spiro atoms. The first-order valence-corrected chi connectivity index (χ1v) is 8.04. The third kappa shape index (κ3) is 6.62. The summed E-state index contributed by atoms with van der Waals surface area (Å²) in [5, 5.41) is 40.5. The average molecular weight is 376 g/mol. The summed E-state index contributed by atoms with van der Waals surface area (Å²) in [7, 11) is 0. The van der Waals surface area contributed by atoms with Gasteiger partial charge in [-0.2, -0.15) is 0 Å². The van der Waals surface area contributed by atoms with Crippen molar-refractivity contribution in [2.75, 3.05) is 13.2 Å². The quantitative estimate of drug-likeness (QED) is 0.262. The van der Waals surface area contributed by atoms with Crippen LogP contribution in [0.25, 0.3) is 0 Å². The molecule has 2 amide bonds. The molecule has 0 saturated carbocycles. The zero-order chi connectivity index (χ0) is 19.0. The number of nitrogens with two attached hydrogens (primary N) is 1. The minimum Gasteiger partial charge on any atom is -0.481 e. The Balaban J connectivity index is 2.85. The van der Waals surface area contributed by atoms with Gasteiger partial charge in [-0.15, -0.1) is 11.3 Å². The first-order chi connectivity index (χ1) is 11.8. The molecule has 25 heavy (non-hydrogen) atoms. The maximum Gasteiger partial charge on any atom is 0.328 e. The number of urea groups is 1. The number of hydrogen-bond acceptors (Lipinski definition) is 8. The standard InChI is InChI=1S/C13H20N4O7S/c14-6(4-18)9-3-15-11(25-9)7(1-2-10(20)21)16-13(24)17-8(5-19)12(22)23/h3,6-8,18-19H,1-2,4-5,14H2,(H,20,21)(H,22,23)(H2,16,17,24)/t6-,7?,8-/m0/s1. The Morgan fingerprint density at radius 2 is 1.88 bits per heavy atom. The molecule has 0 aliphatic carbocycles. The fourth-order valence-corrected chi connectivity index (χ4v) is 2.79. The molecule has 1 aromatic heterocycles. The van der Waals surface area contributed by atoms with Crippen molar-refractivity contribution in [3.63, 3.8) is 0 Å². The molecule has 0 fully saturated rings. The van der Waals surface area contributed by atoms with Gasteiger partial charge in [0.05, 0.1) is 25.3 Å². The van der Waals surface area contributed by atoms with Crippen LogP contribution in [0.5, 0.6) is 0 Å². The Morgan fingerprint density at radius 1 is 1.20 bits per heavy atom. The first kappa shape index (κ1) is 20.8. The minimum atomic E-state index is -1.49. The highest BCUT2D eigenvalue weighted by Gasteiger charge is 2.24.